The second-order valence-electron chi connectivity index (χ2n) is 15.5. The normalized spacial score (nSPS) is 31.1. The van der Waals surface area contributed by atoms with Crippen molar-refractivity contribution in [2.75, 3.05) is 0 Å². The zero-order chi connectivity index (χ0) is 42.6. The summed E-state index contributed by atoms with van der Waals surface area (Å²) in [6, 6.07) is 16.5. The Morgan fingerprint density at radius 3 is 1.47 bits per heavy atom. The maximum atomic E-state index is 14.9. The van der Waals surface area contributed by atoms with E-state index in [-0.39, 0.29) is 0 Å². The van der Waals surface area contributed by atoms with Gasteiger partial charge in [0.25, 0.3) is 5.60 Å². The molecule has 6 N–H and O–H groups in total. The van der Waals surface area contributed by atoms with E-state index in [4.69, 9.17) is 23.7 Å². The van der Waals surface area contributed by atoms with E-state index in [1.807, 2.05) is 0 Å². The minimum atomic E-state index is -3.23. The smallest absolute Gasteiger partial charge is 0.309 e. The van der Waals surface area contributed by atoms with Crippen LogP contribution in [-0.2, 0) is 42.9 Å². The highest BCUT2D eigenvalue weighted by atomic mass is 16.8. The highest BCUT2D eigenvalue weighted by molar-refractivity contribution is 6.05. The van der Waals surface area contributed by atoms with Crippen LogP contribution in [0.2, 0.25) is 0 Å². The molecule has 0 aliphatic carbocycles. The second kappa shape index (κ2) is 18.4. The van der Waals surface area contributed by atoms with Crippen LogP contribution in [0.4, 0.5) is 0 Å². The minimum Gasteiger partial charge on any atom is -0.509 e. The number of esters is 2. The van der Waals surface area contributed by atoms with Crippen LogP contribution in [-0.4, -0.2) is 115 Å². The van der Waals surface area contributed by atoms with E-state index in [9.17, 15) is 49.8 Å². The van der Waals surface area contributed by atoms with Gasteiger partial charge in [-0.3, -0.25) is 19.2 Å². The van der Waals surface area contributed by atoms with Crippen molar-refractivity contribution in [2.24, 2.45) is 23.7 Å². The molecule has 0 spiro atoms. The molecule has 0 bridgehead atoms. The number of rotatable bonds is 14. The van der Waals surface area contributed by atoms with Crippen LogP contribution < -0.4 is 0 Å². The predicted octanol–water partition coefficient (Wildman–Crippen LogP) is 3.42. The molecule has 0 radical (unpaired) electrons. The fourth-order valence-corrected chi connectivity index (χ4v) is 6.65. The van der Waals surface area contributed by atoms with Gasteiger partial charge in [-0.15, -0.1) is 0 Å². The van der Waals surface area contributed by atoms with Gasteiger partial charge in [0.05, 0.1) is 11.8 Å². The Kier molecular flexibility index (Phi) is 14.6. The van der Waals surface area contributed by atoms with E-state index in [0.717, 1.165) is 6.08 Å². The van der Waals surface area contributed by atoms with Gasteiger partial charge in [-0.2, -0.15) is 0 Å². The number of carbonyl (C=O) groups is 4. The molecule has 2 fully saturated rings. The molecule has 2 aliphatic rings. The van der Waals surface area contributed by atoms with Gasteiger partial charge in [0.1, 0.15) is 35.9 Å². The first-order chi connectivity index (χ1) is 26.7. The van der Waals surface area contributed by atoms with Crippen LogP contribution in [0.25, 0.3) is 12.2 Å². The monoisotopic (exact) mass is 798 g/mol. The molecule has 0 amide bonds. The number of aliphatic hydroxyl groups excluding tert-OH is 6. The predicted molar refractivity (Wildman–Crippen MR) is 204 cm³/mol. The van der Waals surface area contributed by atoms with Gasteiger partial charge < -0.3 is 54.3 Å². The fraction of sp³-hybridized carbons (Fsp3) is 0.524. The molecule has 2 saturated heterocycles. The zero-order valence-electron chi connectivity index (χ0n) is 33.2. The standard InChI is InChI=1S/C42H54O15/c1-21(2)33(48)41(56-37(51)23(5)6)35(50)40(55-39-31(47)29(45)30(46)32(53-39)27(43)19-25-15-11-9-12-16-25)54-36(28(44)20-26-17-13-10-14-18-26)42(41,34(49)22(3)4)57-38(52)24(7)8/h9-24,29-32,35-36,39-40,43-47,50H,1-8H3/t29-,30-,31+,32+,35-,36+,39+,40+,41+,42+/m0/s1. The molecular weight excluding hydrogens is 744 g/mol. The van der Waals surface area contributed by atoms with Crippen LogP contribution in [0, 0.1) is 23.7 Å². The lowest BCUT2D eigenvalue weighted by molar-refractivity contribution is -0.389. The van der Waals surface area contributed by atoms with Crippen molar-refractivity contribution in [3.05, 3.63) is 83.3 Å². The second-order valence-corrected chi connectivity index (χ2v) is 15.5. The van der Waals surface area contributed by atoms with Gasteiger partial charge in [-0.25, -0.2) is 0 Å². The lowest BCUT2D eigenvalue weighted by Crippen LogP contribution is -2.83. The van der Waals surface area contributed by atoms with E-state index in [1.165, 1.54) is 61.5 Å². The molecule has 15 nitrogen and oxygen atoms in total. The summed E-state index contributed by atoms with van der Waals surface area (Å²) in [4.78, 5) is 57.4. The summed E-state index contributed by atoms with van der Waals surface area (Å²) in [6.07, 6.45) is -14.7. The number of hydrogen-bond donors (Lipinski definition) is 6. The van der Waals surface area contributed by atoms with Crippen molar-refractivity contribution in [1.29, 1.82) is 0 Å². The maximum absolute atomic E-state index is 14.9. The number of carbonyl (C=O) groups excluding carboxylic acids is 4. The Hall–Kier alpha value is -4.48. The average molecular weight is 799 g/mol. The van der Waals surface area contributed by atoms with Crippen LogP contribution in [0.1, 0.15) is 66.5 Å². The highest BCUT2D eigenvalue weighted by Crippen LogP contribution is 2.50. The Bertz CT molecular complexity index is 1790. The molecule has 15 heteroatoms. The molecule has 10 atom stereocenters. The molecule has 57 heavy (non-hydrogen) atoms. The number of ether oxygens (including phenoxy) is 5. The number of benzene rings is 2. The number of Topliss-reactive ketones (excluding diaryl/α,β-unsaturated/α-hetero) is 2. The van der Waals surface area contributed by atoms with Gasteiger partial charge in [-0.1, -0.05) is 116 Å². The van der Waals surface area contributed by atoms with Crippen molar-refractivity contribution >= 4 is 35.7 Å². The van der Waals surface area contributed by atoms with Crippen molar-refractivity contribution < 1.29 is 73.5 Å². The Morgan fingerprint density at radius 2 is 1.02 bits per heavy atom. The lowest BCUT2D eigenvalue weighted by atomic mass is 9.63. The SMILES string of the molecule is CC(C)C(=O)O[C@]1(C(=O)C(C)C)[C@@H](C(O)=Cc2ccccc2)O[C@H](O[C@H]2O[C@H](C(O)=Cc3ccccc3)[C@@H](O)[C@H](O)[C@H]2O)[C@H](O)[C@]1(OC(=O)C(C)C)C(=O)C(C)C. The van der Waals surface area contributed by atoms with Crippen LogP contribution >= 0.6 is 0 Å². The third kappa shape index (κ3) is 8.99. The lowest BCUT2D eigenvalue weighted by Gasteiger charge is -2.57. The van der Waals surface area contributed by atoms with Gasteiger partial charge in [0.15, 0.2) is 36.4 Å². The summed E-state index contributed by atoms with van der Waals surface area (Å²) in [5.41, 5.74) is -5.55. The van der Waals surface area contributed by atoms with Gasteiger partial charge in [0.2, 0.25) is 5.60 Å². The van der Waals surface area contributed by atoms with E-state index in [1.54, 1.807) is 60.7 Å². The zero-order valence-corrected chi connectivity index (χ0v) is 33.2. The quantitative estimate of drug-likeness (QED) is 0.119. The van der Waals surface area contributed by atoms with E-state index < -0.39 is 119 Å². The molecule has 312 valence electrons. The molecule has 2 aromatic rings. The first-order valence-corrected chi connectivity index (χ1v) is 18.8. The largest absolute Gasteiger partial charge is 0.509 e. The van der Waals surface area contributed by atoms with Crippen LogP contribution in [0.3, 0.4) is 0 Å². The molecule has 0 aromatic heterocycles. The summed E-state index contributed by atoms with van der Waals surface area (Å²) < 4.78 is 30.0. The number of ketones is 2. The van der Waals surface area contributed by atoms with Crippen LogP contribution in [0.5, 0.6) is 0 Å². The average Bonchev–Trinajstić information content (AvgIpc) is 3.16. The molecule has 2 aromatic carbocycles. The van der Waals surface area contributed by atoms with Crippen molar-refractivity contribution in [3.8, 4) is 0 Å². The first kappa shape index (κ1) is 45.2. The van der Waals surface area contributed by atoms with E-state index in [2.05, 4.69) is 0 Å². The molecule has 2 heterocycles. The molecular formula is C42H54O15. The molecule has 0 saturated carbocycles. The van der Waals surface area contributed by atoms with Gasteiger partial charge in [0, 0.05) is 11.8 Å². The molecule has 2 aliphatic heterocycles. The Morgan fingerprint density at radius 1 is 0.579 bits per heavy atom. The van der Waals surface area contributed by atoms with Crippen molar-refractivity contribution in [3.63, 3.8) is 0 Å². The number of aliphatic hydroxyl groups is 6. The first-order valence-electron chi connectivity index (χ1n) is 18.8. The van der Waals surface area contributed by atoms with E-state index in [0.29, 0.717) is 11.1 Å². The Labute approximate surface area is 331 Å². The van der Waals surface area contributed by atoms with E-state index >= 15 is 0 Å². The third-order valence-electron chi connectivity index (χ3n) is 9.74. The van der Waals surface area contributed by atoms with Gasteiger partial charge >= 0.3 is 11.9 Å². The van der Waals surface area contributed by atoms with Crippen molar-refractivity contribution in [2.45, 2.75) is 116 Å². The summed E-state index contributed by atoms with van der Waals surface area (Å²) in [6.45, 7) is 11.3. The summed E-state index contributed by atoms with van der Waals surface area (Å²) in [7, 11) is 0. The summed E-state index contributed by atoms with van der Waals surface area (Å²) in [5.74, 6) is -10.2. The maximum Gasteiger partial charge on any atom is 0.309 e. The Balaban J connectivity index is 2.03. The minimum absolute atomic E-state index is 0.342. The molecule has 0 unspecified atom stereocenters. The number of hydrogen-bond acceptors (Lipinski definition) is 15. The van der Waals surface area contributed by atoms with Crippen molar-refractivity contribution in [1.82, 2.24) is 0 Å². The van der Waals surface area contributed by atoms with Crippen LogP contribution in [0.15, 0.2) is 72.2 Å². The summed E-state index contributed by atoms with van der Waals surface area (Å²) in [5, 5.41) is 68.6. The summed E-state index contributed by atoms with van der Waals surface area (Å²) >= 11 is 0. The molecule has 4 rings (SSSR count). The van der Waals surface area contributed by atoms with Gasteiger partial charge in [-0.05, 0) is 23.3 Å². The topological polar surface area (TPSA) is 236 Å². The third-order valence-corrected chi connectivity index (χ3v) is 9.74. The fourth-order valence-electron chi connectivity index (χ4n) is 6.65. The highest BCUT2D eigenvalue weighted by Gasteiger charge is 2.79.